The van der Waals surface area contributed by atoms with Gasteiger partial charge in [-0.15, -0.1) is 21.5 Å². The Hall–Kier alpha value is -2.37. The molecule has 38 heavy (non-hydrogen) atoms. The molecule has 0 saturated carbocycles. The predicted molar refractivity (Wildman–Crippen MR) is 152 cm³/mol. The van der Waals surface area contributed by atoms with Crippen molar-refractivity contribution in [2.24, 2.45) is 18.9 Å². The minimum atomic E-state index is -0.368. The van der Waals surface area contributed by atoms with E-state index in [4.69, 9.17) is 16.3 Å². The van der Waals surface area contributed by atoms with Gasteiger partial charge in [0.2, 0.25) is 5.91 Å². The van der Waals surface area contributed by atoms with Crippen LogP contribution in [0.1, 0.15) is 67.0 Å². The van der Waals surface area contributed by atoms with Crippen LogP contribution in [-0.2, 0) is 36.0 Å². The molecule has 3 heterocycles. The standard InChI is InChI=1S/C26H35ClN6O3S2/c1-7-16-9-10-17-18(11-16)38-24(20(17)25(35)36-8-2)28-19(34)13-37-26-30-29-23(33(26)12-14(3)4)22-21(27)15(5)31-32(22)6/h14,16H,7-13H2,1-6H3,(H,28,34)/t16-/m0/s1. The van der Waals surface area contributed by atoms with Gasteiger partial charge in [-0.25, -0.2) is 4.79 Å². The first-order valence-corrected chi connectivity index (χ1v) is 15.2. The zero-order chi connectivity index (χ0) is 27.6. The zero-order valence-electron chi connectivity index (χ0n) is 22.8. The number of ether oxygens (including phenoxy) is 1. The number of halogens is 1. The molecule has 0 spiro atoms. The van der Waals surface area contributed by atoms with Crippen molar-refractivity contribution in [3.8, 4) is 11.5 Å². The summed E-state index contributed by atoms with van der Waals surface area (Å²) >= 11 is 9.35. The molecule has 1 atom stereocenters. The fraction of sp³-hybridized carbons (Fsp3) is 0.577. The number of hydrogen-bond donors (Lipinski definition) is 1. The summed E-state index contributed by atoms with van der Waals surface area (Å²) in [5.74, 6) is 1.09. The Kier molecular flexibility index (Phi) is 9.20. The van der Waals surface area contributed by atoms with Crippen molar-refractivity contribution in [3.05, 3.63) is 26.7 Å². The number of aromatic nitrogens is 5. The number of fused-ring (bicyclic) bond motifs is 1. The second-order valence-corrected chi connectivity index (χ2v) is 12.4. The molecule has 3 aromatic heterocycles. The fourth-order valence-electron chi connectivity index (χ4n) is 4.78. The number of rotatable bonds is 10. The van der Waals surface area contributed by atoms with Crippen molar-refractivity contribution in [3.63, 3.8) is 0 Å². The Labute approximate surface area is 236 Å². The number of hydrogen-bond acceptors (Lipinski definition) is 8. The van der Waals surface area contributed by atoms with E-state index < -0.39 is 0 Å². The first-order valence-electron chi connectivity index (χ1n) is 13.0. The lowest BCUT2D eigenvalue weighted by Gasteiger charge is -2.20. The molecule has 0 fully saturated rings. The normalized spacial score (nSPS) is 15.1. The molecule has 1 amide bonds. The van der Waals surface area contributed by atoms with Gasteiger partial charge in [-0.2, -0.15) is 5.10 Å². The fourth-order valence-corrected chi connectivity index (χ4v) is 7.14. The van der Waals surface area contributed by atoms with Crippen LogP contribution in [0.15, 0.2) is 5.16 Å². The van der Waals surface area contributed by atoms with Crippen LogP contribution in [0.5, 0.6) is 0 Å². The molecule has 0 unspecified atom stereocenters. The van der Waals surface area contributed by atoms with E-state index in [9.17, 15) is 9.59 Å². The number of nitrogens with one attached hydrogen (secondary N) is 1. The minimum Gasteiger partial charge on any atom is -0.462 e. The second kappa shape index (κ2) is 12.2. The molecule has 12 heteroatoms. The quantitative estimate of drug-likeness (QED) is 0.240. The minimum absolute atomic E-state index is 0.122. The first kappa shape index (κ1) is 28.6. The number of anilines is 1. The van der Waals surface area contributed by atoms with E-state index in [1.807, 2.05) is 18.5 Å². The SMILES string of the molecule is CCOC(=O)c1c(NC(=O)CSc2nnc(-c3c(Cl)c(C)nn3C)n2CC(C)C)sc2c1CC[C@H](CC)C2. The van der Waals surface area contributed by atoms with Gasteiger partial charge in [0.25, 0.3) is 0 Å². The van der Waals surface area contributed by atoms with Gasteiger partial charge in [0.15, 0.2) is 11.0 Å². The maximum Gasteiger partial charge on any atom is 0.341 e. The smallest absolute Gasteiger partial charge is 0.341 e. The van der Waals surface area contributed by atoms with Crippen LogP contribution in [0.25, 0.3) is 11.5 Å². The summed E-state index contributed by atoms with van der Waals surface area (Å²) in [4.78, 5) is 27.1. The van der Waals surface area contributed by atoms with Crippen LogP contribution in [-0.4, -0.2) is 48.8 Å². The van der Waals surface area contributed by atoms with E-state index in [1.54, 1.807) is 11.6 Å². The van der Waals surface area contributed by atoms with E-state index in [0.717, 1.165) is 36.9 Å². The average molecular weight is 579 g/mol. The molecular weight excluding hydrogens is 544 g/mol. The molecule has 4 rings (SSSR count). The number of thiophene rings is 1. The van der Waals surface area contributed by atoms with Crippen LogP contribution in [0.2, 0.25) is 5.02 Å². The Bertz CT molecular complexity index is 1330. The van der Waals surface area contributed by atoms with Crippen LogP contribution in [0.4, 0.5) is 5.00 Å². The van der Waals surface area contributed by atoms with Crippen molar-refractivity contribution in [2.75, 3.05) is 17.7 Å². The van der Waals surface area contributed by atoms with Crippen molar-refractivity contribution in [2.45, 2.75) is 72.0 Å². The van der Waals surface area contributed by atoms with Crippen molar-refractivity contribution >= 4 is 51.6 Å². The Morgan fingerprint density at radius 3 is 2.68 bits per heavy atom. The number of thioether (sulfide) groups is 1. The summed E-state index contributed by atoms with van der Waals surface area (Å²) in [6.07, 6.45) is 3.92. The largest absolute Gasteiger partial charge is 0.462 e. The van der Waals surface area contributed by atoms with Crippen molar-refractivity contribution in [1.82, 2.24) is 24.5 Å². The maximum absolute atomic E-state index is 13.1. The molecule has 1 aliphatic rings. The van der Waals surface area contributed by atoms with Crippen LogP contribution in [0, 0.1) is 18.8 Å². The summed E-state index contributed by atoms with van der Waals surface area (Å²) in [5, 5.41) is 17.9. The molecule has 0 bridgehead atoms. The Morgan fingerprint density at radius 1 is 1.29 bits per heavy atom. The van der Waals surface area contributed by atoms with Gasteiger partial charge in [-0.1, -0.05) is 50.6 Å². The predicted octanol–water partition coefficient (Wildman–Crippen LogP) is 5.78. The second-order valence-electron chi connectivity index (χ2n) is 9.96. The molecule has 0 aliphatic heterocycles. The zero-order valence-corrected chi connectivity index (χ0v) is 25.1. The number of nitrogens with zero attached hydrogens (tertiary/aromatic N) is 5. The van der Waals surface area contributed by atoms with Crippen molar-refractivity contribution < 1.29 is 14.3 Å². The lowest BCUT2D eigenvalue weighted by atomic mass is 9.85. The summed E-state index contributed by atoms with van der Waals surface area (Å²) in [7, 11) is 1.83. The van der Waals surface area contributed by atoms with E-state index in [-0.39, 0.29) is 17.6 Å². The van der Waals surface area contributed by atoms with Crippen LogP contribution < -0.4 is 5.32 Å². The average Bonchev–Trinajstić information content (AvgIpc) is 3.49. The molecule has 0 saturated heterocycles. The van der Waals surface area contributed by atoms with Crippen LogP contribution >= 0.6 is 34.7 Å². The van der Waals surface area contributed by atoms with Gasteiger partial charge in [-0.05, 0) is 50.5 Å². The summed E-state index contributed by atoms with van der Waals surface area (Å²) in [6.45, 7) is 11.0. The highest BCUT2D eigenvalue weighted by Gasteiger charge is 2.30. The third kappa shape index (κ3) is 5.94. The van der Waals surface area contributed by atoms with Crippen molar-refractivity contribution in [1.29, 1.82) is 0 Å². The number of esters is 1. The molecule has 1 aliphatic carbocycles. The van der Waals surface area contributed by atoms with E-state index in [0.29, 0.717) is 57.2 Å². The number of aryl methyl sites for hydroxylation is 2. The lowest BCUT2D eigenvalue weighted by molar-refractivity contribution is -0.113. The molecule has 0 radical (unpaired) electrons. The van der Waals surface area contributed by atoms with Gasteiger partial charge < -0.3 is 14.6 Å². The number of amides is 1. The molecule has 0 aromatic carbocycles. The van der Waals surface area contributed by atoms with Gasteiger partial charge in [0.1, 0.15) is 10.7 Å². The van der Waals surface area contributed by atoms with E-state index >= 15 is 0 Å². The monoisotopic (exact) mass is 578 g/mol. The molecule has 1 N–H and O–H groups in total. The topological polar surface area (TPSA) is 104 Å². The highest BCUT2D eigenvalue weighted by Crippen LogP contribution is 2.41. The van der Waals surface area contributed by atoms with Gasteiger partial charge in [0.05, 0.1) is 28.6 Å². The van der Waals surface area contributed by atoms with E-state index in [1.165, 1.54) is 28.0 Å². The number of carbonyl (C=O) groups is 2. The van der Waals surface area contributed by atoms with Gasteiger partial charge in [0, 0.05) is 18.5 Å². The summed E-state index contributed by atoms with van der Waals surface area (Å²) in [6, 6.07) is 0. The van der Waals surface area contributed by atoms with Crippen LogP contribution in [0.3, 0.4) is 0 Å². The third-order valence-electron chi connectivity index (χ3n) is 6.64. The molecular formula is C26H35ClN6O3S2. The number of carbonyl (C=O) groups excluding carboxylic acids is 2. The van der Waals surface area contributed by atoms with E-state index in [2.05, 4.69) is 41.4 Å². The highest BCUT2D eigenvalue weighted by molar-refractivity contribution is 7.99. The maximum atomic E-state index is 13.1. The Morgan fingerprint density at radius 2 is 2.05 bits per heavy atom. The van der Waals surface area contributed by atoms with Gasteiger partial charge in [-0.3, -0.25) is 9.48 Å². The first-order chi connectivity index (χ1) is 18.1. The summed E-state index contributed by atoms with van der Waals surface area (Å²) < 4.78 is 9.04. The Balaban J connectivity index is 1.55. The molecule has 206 valence electrons. The third-order valence-corrected chi connectivity index (χ3v) is 9.22. The van der Waals surface area contributed by atoms with Gasteiger partial charge >= 0.3 is 5.97 Å². The molecule has 3 aromatic rings. The lowest BCUT2D eigenvalue weighted by Crippen LogP contribution is -2.18. The molecule has 9 nitrogen and oxygen atoms in total. The summed E-state index contributed by atoms with van der Waals surface area (Å²) in [5.41, 5.74) is 2.97. The highest BCUT2D eigenvalue weighted by atomic mass is 35.5.